The molecule has 0 aliphatic heterocycles. The quantitative estimate of drug-likeness (QED) is 0.183. The van der Waals surface area contributed by atoms with Crippen LogP contribution in [0.5, 0.6) is 0 Å². The van der Waals surface area contributed by atoms with Crippen LogP contribution in [-0.4, -0.2) is 39.0 Å². The Balaban J connectivity index is 0.000000224. The van der Waals surface area contributed by atoms with Crippen molar-refractivity contribution in [3.05, 3.63) is 75.1 Å². The zero-order valence-corrected chi connectivity index (χ0v) is 19.2. The number of fused-ring (bicyclic) bond motifs is 1. The highest BCUT2D eigenvalue weighted by atomic mass is 79.9. The van der Waals surface area contributed by atoms with E-state index in [4.69, 9.17) is 10.2 Å². The Labute approximate surface area is 193 Å². The average Bonchev–Trinajstić information content (AvgIpc) is 2.75. The van der Waals surface area contributed by atoms with E-state index in [1.807, 2.05) is 6.07 Å². The first-order chi connectivity index (χ1) is 14.8. The maximum Gasteiger partial charge on any atom is 0.362 e. The van der Waals surface area contributed by atoms with Crippen LogP contribution in [0.4, 0.5) is 5.69 Å². The maximum atomic E-state index is 11.2. The number of ether oxygens (including phenoxy) is 1. The first-order valence-electron chi connectivity index (χ1n) is 8.69. The average molecular weight is 552 g/mol. The van der Waals surface area contributed by atoms with Gasteiger partial charge in [-0.15, -0.1) is 15.3 Å². The molecule has 3 aromatic rings. The Hall–Kier alpha value is -3.18. The van der Waals surface area contributed by atoms with Crippen molar-refractivity contribution in [2.45, 2.75) is 6.92 Å². The van der Waals surface area contributed by atoms with Crippen LogP contribution in [-0.2, 0) is 9.53 Å². The minimum Gasteiger partial charge on any atom is -0.513 e. The third-order valence-electron chi connectivity index (χ3n) is 3.47. The van der Waals surface area contributed by atoms with Gasteiger partial charge in [-0.3, -0.25) is 0 Å². The number of carbonyl (C=O) groups is 2. The van der Waals surface area contributed by atoms with Crippen LogP contribution in [0.1, 0.15) is 17.4 Å². The lowest BCUT2D eigenvalue weighted by Crippen LogP contribution is -2.05. The van der Waals surface area contributed by atoms with Gasteiger partial charge >= 0.3 is 11.9 Å². The lowest BCUT2D eigenvalue weighted by molar-refractivity contribution is -0.138. The Morgan fingerprint density at radius 2 is 1.74 bits per heavy atom. The first-order valence-corrected chi connectivity index (χ1v) is 10.3. The maximum absolute atomic E-state index is 11.2. The summed E-state index contributed by atoms with van der Waals surface area (Å²) >= 11 is 6.58. The van der Waals surface area contributed by atoms with Crippen LogP contribution in [0.25, 0.3) is 10.9 Å². The van der Waals surface area contributed by atoms with E-state index in [1.54, 1.807) is 43.3 Å². The monoisotopic (exact) mass is 550 g/mol. The van der Waals surface area contributed by atoms with E-state index in [1.165, 1.54) is 6.07 Å². The van der Waals surface area contributed by atoms with Crippen molar-refractivity contribution < 1.29 is 24.5 Å². The van der Waals surface area contributed by atoms with Crippen molar-refractivity contribution in [1.82, 2.24) is 10.2 Å². The van der Waals surface area contributed by atoms with E-state index in [2.05, 4.69) is 57.0 Å². The number of carboxylic acid groups (broad SMARTS) is 1. The fourth-order valence-corrected chi connectivity index (χ4v) is 2.71. The summed E-state index contributed by atoms with van der Waals surface area (Å²) in [6.07, 6.45) is 0.570. The van der Waals surface area contributed by atoms with Crippen molar-refractivity contribution in [3.8, 4) is 0 Å². The van der Waals surface area contributed by atoms with Crippen LogP contribution in [0, 0.1) is 0 Å². The molecule has 0 saturated carbocycles. The van der Waals surface area contributed by atoms with E-state index in [9.17, 15) is 9.59 Å². The molecule has 0 radical (unpaired) electrons. The van der Waals surface area contributed by atoms with Crippen LogP contribution in [0.2, 0.25) is 0 Å². The molecule has 0 aliphatic carbocycles. The number of aromatic nitrogens is 2. The SMILES string of the molecule is CCOC(=O)C(=CO)N=Nc1ccc(Br)cc1.O=C(O)c1cc2cc(Br)ccc2nn1. The molecule has 2 aromatic carbocycles. The molecule has 3 rings (SSSR count). The molecule has 11 heteroatoms. The van der Waals surface area contributed by atoms with Gasteiger partial charge in [-0.05, 0) is 55.5 Å². The van der Waals surface area contributed by atoms with E-state index >= 15 is 0 Å². The fourth-order valence-electron chi connectivity index (χ4n) is 2.06. The summed E-state index contributed by atoms with van der Waals surface area (Å²) in [5, 5.41) is 33.0. The van der Waals surface area contributed by atoms with Gasteiger partial charge in [-0.25, -0.2) is 9.59 Å². The third-order valence-corrected chi connectivity index (χ3v) is 4.49. The van der Waals surface area contributed by atoms with Crippen LogP contribution in [0.15, 0.2) is 79.7 Å². The molecule has 1 heterocycles. The summed E-state index contributed by atoms with van der Waals surface area (Å²) in [5.74, 6) is -1.78. The van der Waals surface area contributed by atoms with Crippen molar-refractivity contribution in [3.63, 3.8) is 0 Å². The van der Waals surface area contributed by atoms with Gasteiger partial charge in [0.25, 0.3) is 0 Å². The second-order valence-corrected chi connectivity index (χ2v) is 7.48. The highest BCUT2D eigenvalue weighted by molar-refractivity contribution is 9.10. The molecule has 160 valence electrons. The summed E-state index contributed by atoms with van der Waals surface area (Å²) in [4.78, 5) is 21.9. The third kappa shape index (κ3) is 7.54. The standard InChI is InChI=1S/C11H11BrN2O3.C9H5BrN2O2/c1-2-17-11(16)10(7-15)14-13-9-5-3-8(12)4-6-9;10-6-1-2-7-5(3-6)4-8(9(13)14)12-11-7/h3-7,15H,2H2,1H3;1-4H,(H,13,14). The Morgan fingerprint density at radius 3 is 2.35 bits per heavy atom. The molecule has 1 aromatic heterocycles. The molecule has 2 N–H and O–H groups in total. The number of azo groups is 1. The molecular formula is C20H16Br2N4O5. The fraction of sp³-hybridized carbons (Fsp3) is 0.100. The Bertz CT molecular complexity index is 1130. The van der Waals surface area contributed by atoms with Gasteiger partial charge in [-0.2, -0.15) is 5.11 Å². The van der Waals surface area contributed by atoms with Crippen molar-refractivity contribution in [1.29, 1.82) is 0 Å². The van der Waals surface area contributed by atoms with Gasteiger partial charge in [0.2, 0.25) is 5.70 Å². The molecular weight excluding hydrogens is 536 g/mol. The Morgan fingerprint density at radius 1 is 1.06 bits per heavy atom. The van der Waals surface area contributed by atoms with E-state index in [0.717, 1.165) is 14.3 Å². The molecule has 0 saturated heterocycles. The molecule has 0 aliphatic rings. The van der Waals surface area contributed by atoms with E-state index < -0.39 is 11.9 Å². The number of aromatic carboxylic acids is 1. The predicted octanol–water partition coefficient (Wildman–Crippen LogP) is 5.59. The topological polar surface area (TPSA) is 134 Å². The number of rotatable bonds is 5. The number of aliphatic hydroxyl groups excluding tert-OH is 1. The molecule has 0 bridgehead atoms. The summed E-state index contributed by atoms with van der Waals surface area (Å²) < 4.78 is 6.47. The highest BCUT2D eigenvalue weighted by Crippen LogP contribution is 2.19. The molecule has 0 spiro atoms. The number of halogens is 2. The van der Waals surface area contributed by atoms with E-state index in [0.29, 0.717) is 17.5 Å². The molecule has 9 nitrogen and oxygen atoms in total. The minimum absolute atomic E-state index is 0.0457. The second kappa shape index (κ2) is 11.9. The van der Waals surface area contributed by atoms with Crippen molar-refractivity contribution >= 4 is 60.4 Å². The van der Waals surface area contributed by atoms with Gasteiger partial charge in [-0.1, -0.05) is 31.9 Å². The normalized spacial score (nSPS) is 11.1. The smallest absolute Gasteiger partial charge is 0.362 e. The number of hydrogen-bond acceptors (Lipinski definition) is 8. The number of nitrogens with zero attached hydrogens (tertiary/aromatic N) is 4. The summed E-state index contributed by atoms with van der Waals surface area (Å²) in [6, 6.07) is 13.9. The molecule has 31 heavy (non-hydrogen) atoms. The summed E-state index contributed by atoms with van der Waals surface area (Å²) in [5.41, 5.74) is 0.959. The summed E-state index contributed by atoms with van der Waals surface area (Å²) in [7, 11) is 0. The molecule has 0 atom stereocenters. The lowest BCUT2D eigenvalue weighted by atomic mass is 10.2. The molecule has 0 unspecified atom stereocenters. The predicted molar refractivity (Wildman–Crippen MR) is 120 cm³/mol. The summed E-state index contributed by atoms with van der Waals surface area (Å²) in [6.45, 7) is 1.88. The zero-order valence-electron chi connectivity index (χ0n) is 16.1. The Kier molecular flexibility index (Phi) is 9.22. The van der Waals surface area contributed by atoms with Crippen LogP contribution >= 0.6 is 31.9 Å². The van der Waals surface area contributed by atoms with Crippen molar-refractivity contribution in [2.24, 2.45) is 10.2 Å². The largest absolute Gasteiger partial charge is 0.513 e. The number of carboxylic acids is 1. The number of hydrogen-bond donors (Lipinski definition) is 2. The second-order valence-electron chi connectivity index (χ2n) is 5.65. The van der Waals surface area contributed by atoms with Crippen molar-refractivity contribution in [2.75, 3.05) is 6.61 Å². The number of esters is 1. The van der Waals surface area contributed by atoms with Gasteiger partial charge in [0, 0.05) is 14.3 Å². The number of benzene rings is 2. The number of carbonyl (C=O) groups excluding carboxylic acids is 1. The minimum atomic E-state index is -1.07. The lowest BCUT2D eigenvalue weighted by Gasteiger charge is -1.99. The van der Waals surface area contributed by atoms with E-state index in [-0.39, 0.29) is 18.0 Å². The van der Waals surface area contributed by atoms with Crippen LogP contribution in [0.3, 0.4) is 0 Å². The van der Waals surface area contributed by atoms with Gasteiger partial charge < -0.3 is 14.9 Å². The highest BCUT2D eigenvalue weighted by Gasteiger charge is 2.09. The first kappa shape index (κ1) is 24.1. The van der Waals surface area contributed by atoms with Gasteiger partial charge in [0.15, 0.2) is 5.69 Å². The van der Waals surface area contributed by atoms with Gasteiger partial charge in [0.1, 0.15) is 6.26 Å². The molecule has 0 fully saturated rings. The zero-order chi connectivity index (χ0) is 22.8. The van der Waals surface area contributed by atoms with Gasteiger partial charge in [0.05, 0.1) is 17.8 Å². The van der Waals surface area contributed by atoms with Crippen LogP contribution < -0.4 is 0 Å². The number of aliphatic hydroxyl groups is 1. The molecule has 0 amide bonds.